The van der Waals surface area contributed by atoms with Crippen LogP contribution in [0.2, 0.25) is 0 Å². The molecule has 2 N–H and O–H groups in total. The van der Waals surface area contributed by atoms with E-state index < -0.39 is 5.91 Å². The third kappa shape index (κ3) is 2.83. The van der Waals surface area contributed by atoms with E-state index in [1.54, 1.807) is 0 Å². The molecule has 1 atom stereocenters. The zero-order valence-corrected chi connectivity index (χ0v) is 8.43. The molecule has 70 valence electrons. The Bertz CT molecular complexity index is 189. The Hall–Kier alpha value is -0.540. The van der Waals surface area contributed by atoms with E-state index in [0.717, 1.165) is 6.42 Å². The summed E-state index contributed by atoms with van der Waals surface area (Å²) >= 11 is 5.49. The highest BCUT2D eigenvalue weighted by atomic mass is 35.5. The summed E-state index contributed by atoms with van der Waals surface area (Å²) in [7, 11) is 3.77. The fourth-order valence-corrected chi connectivity index (χ4v) is 1.41. The first-order valence-electron chi connectivity index (χ1n) is 3.81. The molecular weight excluding hydrogens is 176 g/mol. The van der Waals surface area contributed by atoms with Crippen molar-refractivity contribution in [2.75, 3.05) is 14.1 Å². The van der Waals surface area contributed by atoms with Gasteiger partial charge in [0.05, 0.1) is 0 Å². The highest BCUT2D eigenvalue weighted by Crippen LogP contribution is 2.12. The fraction of sp³-hybridized carbons (Fsp3) is 0.625. The third-order valence-electron chi connectivity index (χ3n) is 1.77. The molecule has 0 heterocycles. The van der Waals surface area contributed by atoms with Gasteiger partial charge in [0.2, 0.25) is 5.91 Å². The molecule has 0 aliphatic heterocycles. The van der Waals surface area contributed by atoms with E-state index in [1.807, 2.05) is 25.9 Å². The predicted molar refractivity (Wildman–Crippen MR) is 50.9 cm³/mol. The number of rotatable bonds is 4. The molecule has 0 radical (unpaired) electrons. The Morgan fingerprint density at radius 2 is 2.17 bits per heavy atom. The molecule has 3 nitrogen and oxygen atoms in total. The van der Waals surface area contributed by atoms with Crippen LogP contribution >= 0.6 is 11.6 Å². The van der Waals surface area contributed by atoms with E-state index in [0.29, 0.717) is 5.57 Å². The van der Waals surface area contributed by atoms with Gasteiger partial charge in [-0.3, -0.25) is 4.79 Å². The summed E-state index contributed by atoms with van der Waals surface area (Å²) in [5.41, 5.74) is 6.87. The van der Waals surface area contributed by atoms with E-state index >= 15 is 0 Å². The van der Waals surface area contributed by atoms with Gasteiger partial charge in [-0.2, -0.15) is 0 Å². The monoisotopic (exact) mass is 190 g/mol. The maximum Gasteiger partial charge on any atom is 0.247 e. The van der Waals surface area contributed by atoms with Crippen LogP contribution in [0.1, 0.15) is 13.3 Å². The summed E-state index contributed by atoms with van der Waals surface area (Å²) in [5, 5.41) is 0. The number of halogens is 1. The van der Waals surface area contributed by atoms with Crippen molar-refractivity contribution >= 4 is 17.5 Å². The number of primary amides is 1. The van der Waals surface area contributed by atoms with Crippen molar-refractivity contribution in [1.29, 1.82) is 0 Å². The van der Waals surface area contributed by atoms with Gasteiger partial charge in [-0.1, -0.05) is 18.5 Å². The molecule has 0 fully saturated rings. The highest BCUT2D eigenvalue weighted by Gasteiger charge is 2.18. The molecule has 0 aromatic heterocycles. The van der Waals surface area contributed by atoms with Crippen molar-refractivity contribution in [3.8, 4) is 0 Å². The maximum absolute atomic E-state index is 10.9. The summed E-state index contributed by atoms with van der Waals surface area (Å²) in [6, 6.07) is 0.0139. The van der Waals surface area contributed by atoms with Gasteiger partial charge in [0.15, 0.2) is 0 Å². The van der Waals surface area contributed by atoms with Crippen LogP contribution in [-0.4, -0.2) is 30.9 Å². The Morgan fingerprint density at radius 1 is 1.67 bits per heavy atom. The minimum absolute atomic E-state index is 0.0139. The highest BCUT2D eigenvalue weighted by molar-refractivity contribution is 6.27. The topological polar surface area (TPSA) is 46.3 Å². The number of nitrogens with two attached hydrogens (primary N) is 1. The second-order valence-corrected chi connectivity index (χ2v) is 3.03. The van der Waals surface area contributed by atoms with Crippen molar-refractivity contribution in [3.05, 3.63) is 11.1 Å². The molecule has 1 unspecified atom stereocenters. The number of carbonyl (C=O) groups excluding carboxylic acids is 1. The number of amides is 1. The van der Waals surface area contributed by atoms with Crippen LogP contribution in [0.3, 0.4) is 0 Å². The molecule has 0 aliphatic rings. The van der Waals surface area contributed by atoms with Crippen LogP contribution in [0.25, 0.3) is 0 Å². The Morgan fingerprint density at radius 3 is 2.25 bits per heavy atom. The minimum atomic E-state index is -0.453. The molecule has 1 amide bonds. The number of likely N-dealkylation sites (N-methyl/N-ethyl adjacent to an activating group) is 1. The smallest absolute Gasteiger partial charge is 0.247 e. The Labute approximate surface area is 78.2 Å². The molecule has 0 saturated carbocycles. The van der Waals surface area contributed by atoms with Gasteiger partial charge in [0, 0.05) is 17.2 Å². The lowest BCUT2D eigenvalue weighted by Gasteiger charge is -2.23. The lowest BCUT2D eigenvalue weighted by molar-refractivity contribution is -0.115. The van der Waals surface area contributed by atoms with Crippen molar-refractivity contribution in [2.45, 2.75) is 19.4 Å². The SMILES string of the molecule is CCC(/C(=C/Cl)C(N)=O)N(C)C. The zero-order chi connectivity index (χ0) is 9.72. The quantitative estimate of drug-likeness (QED) is 0.671. The standard InChI is InChI=1S/C8H15ClN2O/c1-4-7(11(2)3)6(5-9)8(10)12/h5,7H,4H2,1-3H3,(H2,10,12)/b6-5-. The van der Waals surface area contributed by atoms with Gasteiger partial charge in [0.25, 0.3) is 0 Å². The molecule has 0 aromatic carbocycles. The maximum atomic E-state index is 10.9. The first-order valence-corrected chi connectivity index (χ1v) is 4.24. The number of nitrogens with zero attached hydrogens (tertiary/aromatic N) is 1. The lowest BCUT2D eigenvalue weighted by Crippen LogP contribution is -2.34. The van der Waals surface area contributed by atoms with Gasteiger partial charge >= 0.3 is 0 Å². The van der Waals surface area contributed by atoms with Gasteiger partial charge in [0.1, 0.15) is 0 Å². The van der Waals surface area contributed by atoms with Gasteiger partial charge in [-0.25, -0.2) is 0 Å². The fourth-order valence-electron chi connectivity index (χ4n) is 1.15. The molecule has 0 rings (SSSR count). The molecule has 12 heavy (non-hydrogen) atoms. The summed E-state index contributed by atoms with van der Waals surface area (Å²) in [4.78, 5) is 12.8. The van der Waals surface area contributed by atoms with Crippen molar-refractivity contribution in [2.24, 2.45) is 5.73 Å². The normalized spacial score (nSPS) is 14.9. The molecule has 0 aliphatic carbocycles. The Kier molecular flexibility index (Phi) is 4.93. The van der Waals surface area contributed by atoms with E-state index in [4.69, 9.17) is 17.3 Å². The van der Waals surface area contributed by atoms with Crippen LogP contribution < -0.4 is 5.73 Å². The van der Waals surface area contributed by atoms with Crippen LogP contribution in [0.5, 0.6) is 0 Å². The number of carbonyl (C=O) groups is 1. The number of hydrogen-bond acceptors (Lipinski definition) is 2. The van der Waals surface area contributed by atoms with Crippen LogP contribution in [0, 0.1) is 0 Å². The summed E-state index contributed by atoms with van der Waals surface area (Å²) in [5.74, 6) is -0.453. The third-order valence-corrected chi connectivity index (χ3v) is 2.01. The zero-order valence-electron chi connectivity index (χ0n) is 7.67. The summed E-state index contributed by atoms with van der Waals surface area (Å²) < 4.78 is 0. The first kappa shape index (κ1) is 11.5. The summed E-state index contributed by atoms with van der Waals surface area (Å²) in [6.45, 7) is 1.98. The molecule has 4 heteroatoms. The number of hydrogen-bond donors (Lipinski definition) is 1. The van der Waals surface area contributed by atoms with Crippen LogP contribution in [0.4, 0.5) is 0 Å². The van der Waals surface area contributed by atoms with Gasteiger partial charge in [-0.15, -0.1) is 0 Å². The van der Waals surface area contributed by atoms with Crippen molar-refractivity contribution in [1.82, 2.24) is 4.90 Å². The molecule has 0 spiro atoms. The summed E-state index contributed by atoms with van der Waals surface area (Å²) in [6.07, 6.45) is 0.814. The van der Waals surface area contributed by atoms with Gasteiger partial charge in [-0.05, 0) is 20.5 Å². The molecular formula is C8H15ClN2O. The van der Waals surface area contributed by atoms with E-state index in [2.05, 4.69) is 0 Å². The average molecular weight is 191 g/mol. The predicted octanol–water partition coefficient (Wildman–Crippen LogP) is 0.935. The van der Waals surface area contributed by atoms with E-state index in [-0.39, 0.29) is 6.04 Å². The molecule has 0 saturated heterocycles. The molecule has 0 bridgehead atoms. The minimum Gasteiger partial charge on any atom is -0.366 e. The first-order chi connectivity index (χ1) is 5.54. The largest absolute Gasteiger partial charge is 0.366 e. The van der Waals surface area contributed by atoms with E-state index in [1.165, 1.54) is 5.54 Å². The average Bonchev–Trinajstić information content (AvgIpc) is 1.98. The second-order valence-electron chi connectivity index (χ2n) is 2.82. The van der Waals surface area contributed by atoms with Crippen molar-refractivity contribution < 1.29 is 4.79 Å². The Balaban J connectivity index is 4.58. The van der Waals surface area contributed by atoms with Gasteiger partial charge < -0.3 is 10.6 Å². The van der Waals surface area contributed by atoms with Crippen molar-refractivity contribution in [3.63, 3.8) is 0 Å². The van der Waals surface area contributed by atoms with Crippen LogP contribution in [-0.2, 0) is 4.79 Å². The van der Waals surface area contributed by atoms with Crippen LogP contribution in [0.15, 0.2) is 11.1 Å². The lowest BCUT2D eigenvalue weighted by atomic mass is 10.1. The molecule has 0 aromatic rings. The van der Waals surface area contributed by atoms with E-state index in [9.17, 15) is 4.79 Å². The second kappa shape index (κ2) is 5.17.